The van der Waals surface area contributed by atoms with Crippen molar-refractivity contribution in [2.75, 3.05) is 19.6 Å². The molecule has 6 nitrogen and oxygen atoms in total. The molecule has 0 bridgehead atoms. The molecule has 8 heteroatoms. The Labute approximate surface area is 172 Å². The summed E-state index contributed by atoms with van der Waals surface area (Å²) < 4.78 is 14.5. The van der Waals surface area contributed by atoms with Gasteiger partial charge < -0.3 is 5.32 Å². The summed E-state index contributed by atoms with van der Waals surface area (Å²) in [6.07, 6.45) is 2.01. The number of halogens is 2. The topological polar surface area (TPSA) is 78.5 Å². The number of fused-ring (bicyclic) bond motifs is 1. The fraction of sp³-hybridized carbons (Fsp3) is 0.286. The fourth-order valence-electron chi connectivity index (χ4n) is 3.90. The monoisotopic (exact) mass is 415 g/mol. The van der Waals surface area contributed by atoms with Crippen molar-refractivity contribution in [3.63, 3.8) is 0 Å². The standard InChI is InChI=1S/C21H19ClFN3O3/c22-15-4-3-5-16(23)18(15)17(26-8-1-2-9-26)11-24-19(27)12-6-7-13-14(10-12)21(29)25-20(13)28/h3-7,10,17H,1-2,8-9,11H2,(H,24,27)(H,25,28,29). The lowest BCUT2D eigenvalue weighted by Crippen LogP contribution is -2.37. The number of amides is 3. The summed E-state index contributed by atoms with van der Waals surface area (Å²) in [5.41, 5.74) is 1.05. The maximum Gasteiger partial charge on any atom is 0.258 e. The number of imide groups is 1. The molecule has 29 heavy (non-hydrogen) atoms. The van der Waals surface area contributed by atoms with Crippen LogP contribution in [-0.4, -0.2) is 42.3 Å². The molecule has 1 unspecified atom stereocenters. The highest BCUT2D eigenvalue weighted by Gasteiger charge is 2.30. The number of nitrogens with zero attached hydrogens (tertiary/aromatic N) is 1. The Morgan fingerprint density at radius 3 is 2.59 bits per heavy atom. The van der Waals surface area contributed by atoms with Gasteiger partial charge in [-0.1, -0.05) is 17.7 Å². The molecule has 1 fully saturated rings. The van der Waals surface area contributed by atoms with Crippen molar-refractivity contribution in [3.05, 3.63) is 69.5 Å². The van der Waals surface area contributed by atoms with Crippen LogP contribution in [0.1, 0.15) is 55.5 Å². The van der Waals surface area contributed by atoms with Crippen molar-refractivity contribution >= 4 is 29.3 Å². The Morgan fingerprint density at radius 2 is 1.86 bits per heavy atom. The Bertz CT molecular complexity index is 984. The van der Waals surface area contributed by atoms with Gasteiger partial charge in [-0.2, -0.15) is 0 Å². The van der Waals surface area contributed by atoms with Crippen LogP contribution in [0.5, 0.6) is 0 Å². The summed E-state index contributed by atoms with van der Waals surface area (Å²) in [5, 5.41) is 5.34. The largest absolute Gasteiger partial charge is 0.350 e. The molecule has 2 aromatic carbocycles. The predicted molar refractivity (Wildman–Crippen MR) is 106 cm³/mol. The number of hydrogen-bond acceptors (Lipinski definition) is 4. The molecule has 1 atom stereocenters. The molecule has 3 amide bonds. The first-order chi connectivity index (χ1) is 14.0. The number of carbonyl (C=O) groups is 3. The summed E-state index contributed by atoms with van der Waals surface area (Å²) in [4.78, 5) is 38.3. The number of benzene rings is 2. The zero-order valence-corrected chi connectivity index (χ0v) is 16.3. The van der Waals surface area contributed by atoms with Crippen molar-refractivity contribution in [1.82, 2.24) is 15.5 Å². The van der Waals surface area contributed by atoms with Gasteiger partial charge in [-0.05, 0) is 56.3 Å². The van der Waals surface area contributed by atoms with Crippen molar-refractivity contribution in [2.45, 2.75) is 18.9 Å². The molecular weight excluding hydrogens is 397 g/mol. The number of likely N-dealkylation sites (tertiary alicyclic amines) is 1. The minimum atomic E-state index is -0.521. The summed E-state index contributed by atoms with van der Waals surface area (Å²) in [7, 11) is 0. The first-order valence-corrected chi connectivity index (χ1v) is 9.79. The third-order valence-electron chi connectivity index (χ3n) is 5.37. The highest BCUT2D eigenvalue weighted by Crippen LogP contribution is 2.32. The van der Waals surface area contributed by atoms with Gasteiger partial charge in [-0.15, -0.1) is 0 Å². The normalized spacial score (nSPS) is 17.2. The molecule has 0 aliphatic carbocycles. The third-order valence-corrected chi connectivity index (χ3v) is 5.70. The second kappa shape index (κ2) is 7.93. The van der Waals surface area contributed by atoms with Crippen LogP contribution in [0.3, 0.4) is 0 Å². The minimum absolute atomic E-state index is 0.168. The van der Waals surface area contributed by atoms with E-state index in [0.29, 0.717) is 10.6 Å². The van der Waals surface area contributed by atoms with E-state index in [9.17, 15) is 18.8 Å². The van der Waals surface area contributed by atoms with Crippen LogP contribution in [0.2, 0.25) is 5.02 Å². The predicted octanol–water partition coefficient (Wildman–Crippen LogP) is 2.93. The molecule has 0 saturated carbocycles. The number of rotatable bonds is 5. The summed E-state index contributed by atoms with van der Waals surface area (Å²) in [6, 6.07) is 8.50. The van der Waals surface area contributed by atoms with Crippen LogP contribution in [0.4, 0.5) is 4.39 Å². The molecule has 2 aromatic rings. The van der Waals surface area contributed by atoms with E-state index in [1.54, 1.807) is 12.1 Å². The molecule has 2 heterocycles. The lowest BCUT2D eigenvalue weighted by atomic mass is 10.0. The van der Waals surface area contributed by atoms with Gasteiger partial charge in [0, 0.05) is 22.7 Å². The van der Waals surface area contributed by atoms with E-state index in [1.165, 1.54) is 24.3 Å². The Balaban J connectivity index is 1.55. The second-order valence-corrected chi connectivity index (χ2v) is 7.56. The highest BCUT2D eigenvalue weighted by atomic mass is 35.5. The van der Waals surface area contributed by atoms with Gasteiger partial charge in [-0.3, -0.25) is 24.6 Å². The van der Waals surface area contributed by atoms with Crippen molar-refractivity contribution in [3.8, 4) is 0 Å². The van der Waals surface area contributed by atoms with Crippen LogP contribution in [0, 0.1) is 5.82 Å². The van der Waals surface area contributed by atoms with Crippen LogP contribution in [0.25, 0.3) is 0 Å². The number of hydrogen-bond donors (Lipinski definition) is 2. The number of carbonyl (C=O) groups excluding carboxylic acids is 3. The van der Waals surface area contributed by atoms with E-state index < -0.39 is 29.6 Å². The molecule has 0 radical (unpaired) electrons. The summed E-state index contributed by atoms with van der Waals surface area (Å²) in [5.74, 6) is -1.80. The molecule has 1 saturated heterocycles. The van der Waals surface area contributed by atoms with E-state index in [1.807, 2.05) is 0 Å². The van der Waals surface area contributed by atoms with E-state index >= 15 is 0 Å². The molecule has 150 valence electrons. The number of nitrogens with one attached hydrogen (secondary N) is 2. The van der Waals surface area contributed by atoms with E-state index in [2.05, 4.69) is 15.5 Å². The zero-order chi connectivity index (χ0) is 20.5. The minimum Gasteiger partial charge on any atom is -0.350 e. The van der Waals surface area contributed by atoms with Gasteiger partial charge in [0.15, 0.2) is 0 Å². The van der Waals surface area contributed by atoms with Crippen molar-refractivity contribution < 1.29 is 18.8 Å². The van der Waals surface area contributed by atoms with Gasteiger partial charge in [0.05, 0.1) is 17.2 Å². The van der Waals surface area contributed by atoms with Crippen LogP contribution >= 0.6 is 11.6 Å². The van der Waals surface area contributed by atoms with Gasteiger partial charge in [0.1, 0.15) is 5.82 Å². The smallest absolute Gasteiger partial charge is 0.258 e. The van der Waals surface area contributed by atoms with E-state index in [4.69, 9.17) is 11.6 Å². The molecule has 2 aliphatic rings. The average Bonchev–Trinajstić information content (AvgIpc) is 3.32. The maximum atomic E-state index is 14.5. The van der Waals surface area contributed by atoms with Crippen LogP contribution in [0.15, 0.2) is 36.4 Å². The van der Waals surface area contributed by atoms with Gasteiger partial charge in [-0.25, -0.2) is 4.39 Å². The second-order valence-electron chi connectivity index (χ2n) is 7.15. The van der Waals surface area contributed by atoms with E-state index in [0.717, 1.165) is 25.9 Å². The van der Waals surface area contributed by atoms with Crippen LogP contribution < -0.4 is 10.6 Å². The lowest BCUT2D eigenvalue weighted by Gasteiger charge is -2.29. The van der Waals surface area contributed by atoms with E-state index in [-0.39, 0.29) is 23.2 Å². The highest BCUT2D eigenvalue weighted by molar-refractivity contribution is 6.31. The SMILES string of the molecule is O=C(NCC(c1c(F)cccc1Cl)N1CCCC1)c1ccc2c(c1)C(=O)NC2=O. The maximum absolute atomic E-state index is 14.5. The Morgan fingerprint density at radius 1 is 1.14 bits per heavy atom. The molecule has 0 spiro atoms. The third kappa shape index (κ3) is 3.75. The lowest BCUT2D eigenvalue weighted by molar-refractivity contribution is 0.0878. The van der Waals surface area contributed by atoms with Gasteiger partial charge in [0.25, 0.3) is 17.7 Å². The molecule has 2 aliphatic heterocycles. The van der Waals surface area contributed by atoms with Gasteiger partial charge >= 0.3 is 0 Å². The average molecular weight is 416 g/mol. The first-order valence-electron chi connectivity index (χ1n) is 9.41. The quantitative estimate of drug-likeness (QED) is 0.736. The van der Waals surface area contributed by atoms with Gasteiger partial charge in [0.2, 0.25) is 0 Å². The first kappa shape index (κ1) is 19.5. The molecular formula is C21H19ClFN3O3. The Hall–Kier alpha value is -2.77. The molecule has 0 aromatic heterocycles. The zero-order valence-electron chi connectivity index (χ0n) is 15.5. The van der Waals surface area contributed by atoms with Crippen LogP contribution in [-0.2, 0) is 0 Å². The molecule has 4 rings (SSSR count). The van der Waals surface area contributed by atoms with Crippen molar-refractivity contribution in [2.24, 2.45) is 0 Å². The fourth-order valence-corrected chi connectivity index (χ4v) is 4.19. The Kier molecular flexibility index (Phi) is 5.34. The summed E-state index contributed by atoms with van der Waals surface area (Å²) >= 11 is 6.27. The molecule has 2 N–H and O–H groups in total. The van der Waals surface area contributed by atoms with Crippen molar-refractivity contribution in [1.29, 1.82) is 0 Å². The summed E-state index contributed by atoms with van der Waals surface area (Å²) in [6.45, 7) is 1.76.